The summed E-state index contributed by atoms with van der Waals surface area (Å²) in [5.74, 6) is -0.661. The van der Waals surface area contributed by atoms with Crippen molar-refractivity contribution in [2.45, 2.75) is 6.36 Å². The monoisotopic (exact) mass is 392 g/mol. The van der Waals surface area contributed by atoms with Gasteiger partial charge in [0, 0.05) is 6.07 Å². The summed E-state index contributed by atoms with van der Waals surface area (Å²) in [6.45, 7) is 0. The fourth-order valence-electron chi connectivity index (χ4n) is 0.728. The van der Waals surface area contributed by atoms with Crippen molar-refractivity contribution in [3.63, 3.8) is 0 Å². The number of pyridine rings is 1. The smallest absolute Gasteiger partial charge is 0.388 e. The van der Waals surface area contributed by atoms with Gasteiger partial charge >= 0.3 is 6.36 Å². The van der Waals surface area contributed by atoms with Crippen LogP contribution in [0.5, 0.6) is 5.88 Å². The van der Waals surface area contributed by atoms with Gasteiger partial charge in [0.1, 0.15) is 10.7 Å². The molecule has 0 saturated carbocycles. The van der Waals surface area contributed by atoms with Crippen molar-refractivity contribution in [3.8, 4) is 11.9 Å². The topological polar surface area (TPSA) is 45.9 Å². The summed E-state index contributed by atoms with van der Waals surface area (Å²) in [5.41, 5.74) is 0.0664. The summed E-state index contributed by atoms with van der Waals surface area (Å²) < 4.78 is 39.7. The Bertz CT molecular complexity index is 429. The van der Waals surface area contributed by atoms with E-state index in [1.54, 1.807) is 28.7 Å². The first-order valence-corrected chi connectivity index (χ1v) is 5.22. The first kappa shape index (κ1) is 12.5. The zero-order valence-corrected chi connectivity index (χ0v) is 10.5. The number of nitrogens with zero attached hydrogens (tertiary/aromatic N) is 2. The van der Waals surface area contributed by atoms with E-state index in [1.165, 1.54) is 0 Å². The number of hydrogen-bond acceptors (Lipinski definition) is 3. The number of alkyl halides is 3. The highest BCUT2D eigenvalue weighted by Gasteiger charge is 2.32. The first-order valence-electron chi connectivity index (χ1n) is 3.35. The minimum Gasteiger partial charge on any atom is -0.388 e. The van der Waals surface area contributed by atoms with E-state index in [-0.39, 0.29) is 10.2 Å². The van der Waals surface area contributed by atoms with Crippen molar-refractivity contribution < 1.29 is 17.9 Å². The largest absolute Gasteiger partial charge is 0.574 e. The Labute approximate surface area is 105 Å². The van der Waals surface area contributed by atoms with Crippen molar-refractivity contribution in [2.75, 3.05) is 0 Å². The van der Waals surface area contributed by atoms with E-state index in [4.69, 9.17) is 5.26 Å². The predicted octanol–water partition coefficient (Wildman–Crippen LogP) is 3.22. The normalized spacial score (nSPS) is 10.9. The molecule has 0 radical (unpaired) electrons. The molecule has 15 heavy (non-hydrogen) atoms. The van der Waals surface area contributed by atoms with E-state index < -0.39 is 12.2 Å². The summed E-state index contributed by atoms with van der Waals surface area (Å²) in [4.78, 5) is 3.48. The van der Waals surface area contributed by atoms with E-state index >= 15 is 0 Å². The number of hydrogen-bond donors (Lipinski definition) is 0. The van der Waals surface area contributed by atoms with E-state index in [2.05, 4.69) is 25.7 Å². The Hall–Kier alpha value is -0.560. The summed E-state index contributed by atoms with van der Waals surface area (Å²) in [7, 11) is 0. The zero-order chi connectivity index (χ0) is 11.6. The average molecular weight is 393 g/mol. The van der Waals surface area contributed by atoms with E-state index in [1.807, 2.05) is 0 Å². The molecular formula is C7HBrF3IN2O. The molecule has 80 valence electrons. The SMILES string of the molecule is N#Cc1cc(OC(F)(F)F)nc(Br)c1I. The predicted molar refractivity (Wildman–Crippen MR) is 56.1 cm³/mol. The fraction of sp³-hybridized carbons (Fsp3) is 0.143. The van der Waals surface area contributed by atoms with Gasteiger partial charge in [-0.1, -0.05) is 0 Å². The molecule has 1 heterocycles. The van der Waals surface area contributed by atoms with Gasteiger partial charge in [0.2, 0.25) is 5.88 Å². The van der Waals surface area contributed by atoms with Gasteiger partial charge in [-0.05, 0) is 38.5 Å². The van der Waals surface area contributed by atoms with E-state index in [0.717, 1.165) is 6.07 Å². The number of nitriles is 1. The lowest BCUT2D eigenvalue weighted by atomic mass is 10.3. The second-order valence-corrected chi connectivity index (χ2v) is 4.10. The van der Waals surface area contributed by atoms with Crippen molar-refractivity contribution >= 4 is 38.5 Å². The molecule has 8 heteroatoms. The van der Waals surface area contributed by atoms with Gasteiger partial charge in [0.25, 0.3) is 0 Å². The fourth-order valence-corrected chi connectivity index (χ4v) is 1.51. The summed E-state index contributed by atoms with van der Waals surface area (Å²) in [5, 5.41) is 8.63. The van der Waals surface area contributed by atoms with Crippen LogP contribution in [0.4, 0.5) is 13.2 Å². The third-order valence-electron chi connectivity index (χ3n) is 1.23. The highest BCUT2D eigenvalue weighted by molar-refractivity contribution is 14.1. The number of rotatable bonds is 1. The maximum Gasteiger partial charge on any atom is 0.574 e. The highest BCUT2D eigenvalue weighted by Crippen LogP contribution is 2.27. The lowest BCUT2D eigenvalue weighted by Gasteiger charge is -2.08. The molecule has 0 fully saturated rings. The number of ether oxygens (including phenoxy) is 1. The third kappa shape index (κ3) is 3.49. The average Bonchev–Trinajstić information content (AvgIpc) is 2.08. The molecule has 0 atom stereocenters. The van der Waals surface area contributed by atoms with Crippen LogP contribution >= 0.6 is 38.5 Å². The van der Waals surface area contributed by atoms with Gasteiger partial charge < -0.3 is 4.74 Å². The van der Waals surface area contributed by atoms with Crippen molar-refractivity contribution in [2.24, 2.45) is 0 Å². The molecule has 1 aromatic rings. The molecule has 0 spiro atoms. The van der Waals surface area contributed by atoms with Gasteiger partial charge in [0.15, 0.2) is 0 Å². The minimum atomic E-state index is -4.81. The second kappa shape index (κ2) is 4.52. The molecule has 0 aromatic carbocycles. The standard InChI is InChI=1S/C7HBrF3IN2O/c8-6-5(12)3(2-13)1-4(14-6)15-7(9,10)11/h1H. The van der Waals surface area contributed by atoms with Crippen LogP contribution in [0, 0.1) is 14.9 Å². The Morgan fingerprint density at radius 1 is 1.53 bits per heavy atom. The quantitative estimate of drug-likeness (QED) is 0.544. The number of halogens is 5. The van der Waals surface area contributed by atoms with Crippen LogP contribution < -0.4 is 4.74 Å². The van der Waals surface area contributed by atoms with E-state index in [0.29, 0.717) is 3.57 Å². The van der Waals surface area contributed by atoms with Crippen LogP contribution in [0.2, 0.25) is 0 Å². The third-order valence-corrected chi connectivity index (χ3v) is 3.64. The summed E-state index contributed by atoms with van der Waals surface area (Å²) in [6.07, 6.45) is -4.81. The van der Waals surface area contributed by atoms with Crippen molar-refractivity contribution in [3.05, 3.63) is 19.8 Å². The molecule has 1 rings (SSSR count). The summed E-state index contributed by atoms with van der Waals surface area (Å²) in [6, 6.07) is 2.67. The molecule has 3 nitrogen and oxygen atoms in total. The second-order valence-electron chi connectivity index (χ2n) is 2.27. The van der Waals surface area contributed by atoms with Gasteiger partial charge in [0.05, 0.1) is 9.13 Å². The van der Waals surface area contributed by atoms with Crippen LogP contribution in [0.3, 0.4) is 0 Å². The minimum absolute atomic E-state index is 0.0664. The molecule has 0 aliphatic heterocycles. The molecule has 0 saturated heterocycles. The molecule has 0 bridgehead atoms. The molecule has 0 amide bonds. The molecule has 0 aliphatic rings. The van der Waals surface area contributed by atoms with Crippen LogP contribution in [0.1, 0.15) is 5.56 Å². The van der Waals surface area contributed by atoms with Gasteiger partial charge in [-0.3, -0.25) is 0 Å². The lowest BCUT2D eigenvalue weighted by Crippen LogP contribution is -2.18. The molecule has 1 aromatic heterocycles. The lowest BCUT2D eigenvalue weighted by molar-refractivity contribution is -0.276. The van der Waals surface area contributed by atoms with E-state index in [9.17, 15) is 13.2 Å². The highest BCUT2D eigenvalue weighted by atomic mass is 127. The van der Waals surface area contributed by atoms with Gasteiger partial charge in [-0.2, -0.15) is 5.26 Å². The maximum absolute atomic E-state index is 11.8. The van der Waals surface area contributed by atoms with Crippen LogP contribution in [-0.2, 0) is 0 Å². The van der Waals surface area contributed by atoms with Crippen LogP contribution in [0.25, 0.3) is 0 Å². The maximum atomic E-state index is 11.8. The summed E-state index contributed by atoms with van der Waals surface area (Å²) >= 11 is 4.72. The Kier molecular flexibility index (Phi) is 3.77. The Balaban J connectivity index is 3.13. The van der Waals surface area contributed by atoms with Crippen molar-refractivity contribution in [1.29, 1.82) is 5.26 Å². The van der Waals surface area contributed by atoms with Gasteiger partial charge in [-0.15, -0.1) is 13.2 Å². The molecular weight excluding hydrogens is 392 g/mol. The Morgan fingerprint density at radius 3 is 2.60 bits per heavy atom. The Morgan fingerprint density at radius 2 is 2.13 bits per heavy atom. The zero-order valence-electron chi connectivity index (χ0n) is 6.77. The molecule has 0 N–H and O–H groups in total. The molecule has 0 unspecified atom stereocenters. The van der Waals surface area contributed by atoms with Crippen LogP contribution in [0.15, 0.2) is 10.7 Å². The van der Waals surface area contributed by atoms with Crippen LogP contribution in [-0.4, -0.2) is 11.3 Å². The molecule has 0 aliphatic carbocycles. The van der Waals surface area contributed by atoms with Crippen molar-refractivity contribution in [1.82, 2.24) is 4.98 Å². The van der Waals surface area contributed by atoms with Gasteiger partial charge in [-0.25, -0.2) is 4.98 Å². The number of aromatic nitrogens is 1. The first-order chi connectivity index (χ1) is 6.83.